The fourth-order valence-corrected chi connectivity index (χ4v) is 3.50. The van der Waals surface area contributed by atoms with Gasteiger partial charge in [0, 0.05) is 38.7 Å². The summed E-state index contributed by atoms with van der Waals surface area (Å²) < 4.78 is 0. The molecule has 1 saturated heterocycles. The number of aromatic nitrogens is 2. The van der Waals surface area contributed by atoms with Crippen molar-refractivity contribution in [1.29, 1.82) is 0 Å². The molecule has 158 valence electrons. The number of nitrogens with one attached hydrogen (secondary N) is 2. The maximum Gasteiger partial charge on any atom is 0.254 e. The number of nitrogens with zero attached hydrogens (tertiary/aromatic N) is 3. The molecule has 8 nitrogen and oxygen atoms in total. The van der Waals surface area contributed by atoms with Gasteiger partial charge in [-0.1, -0.05) is 30.3 Å². The molecule has 0 bridgehead atoms. The summed E-state index contributed by atoms with van der Waals surface area (Å²) in [6.07, 6.45) is 3.29. The predicted octanol–water partition coefficient (Wildman–Crippen LogP) is 1.56. The number of likely N-dealkylation sites (tertiary alicyclic amines) is 1. The lowest BCUT2D eigenvalue weighted by molar-refractivity contribution is -0.133. The van der Waals surface area contributed by atoms with E-state index in [0.717, 1.165) is 18.4 Å². The van der Waals surface area contributed by atoms with Gasteiger partial charge >= 0.3 is 0 Å². The summed E-state index contributed by atoms with van der Waals surface area (Å²) in [6.45, 7) is 4.80. The molecule has 1 atom stereocenters. The minimum absolute atomic E-state index is 0.00244. The molecular weight excluding hydrogens is 382 g/mol. The molecule has 2 heterocycles. The lowest BCUT2D eigenvalue weighted by atomic mass is 9.96. The topological polar surface area (TPSA) is 104 Å². The van der Waals surface area contributed by atoms with Gasteiger partial charge in [0.15, 0.2) is 0 Å². The predicted molar refractivity (Wildman–Crippen MR) is 112 cm³/mol. The number of amides is 3. The highest BCUT2D eigenvalue weighted by Gasteiger charge is 2.27. The van der Waals surface area contributed by atoms with Gasteiger partial charge in [0.05, 0.1) is 17.8 Å². The van der Waals surface area contributed by atoms with Gasteiger partial charge in [-0.05, 0) is 25.3 Å². The van der Waals surface area contributed by atoms with Crippen LogP contribution in [0.3, 0.4) is 0 Å². The molecule has 0 saturated carbocycles. The first-order valence-electron chi connectivity index (χ1n) is 10.1. The quantitative estimate of drug-likeness (QED) is 0.753. The molecule has 1 aromatic heterocycles. The highest BCUT2D eigenvalue weighted by Crippen LogP contribution is 2.25. The standard InChI is InChI=1S/C22H27N5O3/c1-15-19(22(30)25-11-17-7-4-3-5-8-17)12-24-21(26-15)18-9-6-10-27(14-18)20(29)13-23-16(2)28/h3-5,7-8,12,18H,6,9-11,13-14H2,1-2H3,(H,23,28)(H,25,30)/t18-/m0/s1. The monoisotopic (exact) mass is 409 g/mol. The highest BCUT2D eigenvalue weighted by atomic mass is 16.2. The molecule has 2 aromatic rings. The van der Waals surface area contributed by atoms with Crippen LogP contribution in [0.25, 0.3) is 0 Å². The molecule has 3 rings (SSSR count). The average molecular weight is 409 g/mol. The summed E-state index contributed by atoms with van der Waals surface area (Å²) in [5, 5.41) is 5.44. The van der Waals surface area contributed by atoms with E-state index in [1.54, 1.807) is 18.0 Å². The molecule has 1 aliphatic rings. The van der Waals surface area contributed by atoms with Crippen LogP contribution >= 0.6 is 0 Å². The normalized spacial score (nSPS) is 16.1. The number of piperidine rings is 1. The van der Waals surface area contributed by atoms with Crippen LogP contribution in [-0.2, 0) is 16.1 Å². The lowest BCUT2D eigenvalue weighted by Crippen LogP contribution is -2.44. The number of aryl methyl sites for hydroxylation is 1. The number of benzene rings is 1. The van der Waals surface area contributed by atoms with Crippen molar-refractivity contribution in [3.8, 4) is 0 Å². The van der Waals surface area contributed by atoms with Gasteiger partial charge in [0.1, 0.15) is 5.82 Å². The first-order chi connectivity index (χ1) is 14.4. The van der Waals surface area contributed by atoms with E-state index in [1.165, 1.54) is 6.92 Å². The van der Waals surface area contributed by atoms with E-state index in [2.05, 4.69) is 20.6 Å². The number of hydrogen-bond acceptors (Lipinski definition) is 5. The second-order valence-electron chi connectivity index (χ2n) is 7.48. The number of carbonyl (C=O) groups is 3. The molecule has 2 N–H and O–H groups in total. The molecule has 0 unspecified atom stereocenters. The Bertz CT molecular complexity index is 916. The third-order valence-corrected chi connectivity index (χ3v) is 5.17. The van der Waals surface area contributed by atoms with Gasteiger partial charge in [-0.25, -0.2) is 9.97 Å². The van der Waals surface area contributed by atoms with E-state index in [0.29, 0.717) is 36.7 Å². The molecular formula is C22H27N5O3. The Kier molecular flexibility index (Phi) is 7.11. The van der Waals surface area contributed by atoms with Crippen LogP contribution in [0.2, 0.25) is 0 Å². The van der Waals surface area contributed by atoms with Crippen molar-refractivity contribution >= 4 is 17.7 Å². The minimum atomic E-state index is -0.225. The summed E-state index contributed by atoms with van der Waals surface area (Å²) >= 11 is 0. The summed E-state index contributed by atoms with van der Waals surface area (Å²) in [5.74, 6) is 0.114. The van der Waals surface area contributed by atoms with Crippen LogP contribution in [0.5, 0.6) is 0 Å². The third-order valence-electron chi connectivity index (χ3n) is 5.17. The maximum atomic E-state index is 12.5. The second kappa shape index (κ2) is 9.96. The van der Waals surface area contributed by atoms with Gasteiger partial charge in [-0.15, -0.1) is 0 Å². The van der Waals surface area contributed by atoms with Gasteiger partial charge in [-0.3, -0.25) is 14.4 Å². The van der Waals surface area contributed by atoms with Gasteiger partial charge in [0.25, 0.3) is 5.91 Å². The SMILES string of the molecule is CC(=O)NCC(=O)N1CCC[C@H](c2ncc(C(=O)NCc3ccccc3)c(C)n2)C1. The first-order valence-corrected chi connectivity index (χ1v) is 10.1. The summed E-state index contributed by atoms with van der Waals surface area (Å²) in [4.78, 5) is 46.6. The number of carbonyl (C=O) groups excluding carboxylic acids is 3. The molecule has 8 heteroatoms. The molecule has 0 aliphatic carbocycles. The Labute approximate surface area is 176 Å². The van der Waals surface area contributed by atoms with Crippen molar-refractivity contribution in [2.75, 3.05) is 19.6 Å². The molecule has 1 fully saturated rings. The van der Waals surface area contributed by atoms with Crippen molar-refractivity contribution < 1.29 is 14.4 Å². The van der Waals surface area contributed by atoms with Gasteiger partial charge in [-0.2, -0.15) is 0 Å². The highest BCUT2D eigenvalue weighted by molar-refractivity contribution is 5.94. The molecule has 3 amide bonds. The Morgan fingerprint density at radius 1 is 1.17 bits per heavy atom. The molecule has 1 aliphatic heterocycles. The zero-order chi connectivity index (χ0) is 21.5. The van der Waals surface area contributed by atoms with Crippen LogP contribution in [0.1, 0.15) is 53.1 Å². The fourth-order valence-electron chi connectivity index (χ4n) is 3.50. The molecule has 1 aromatic carbocycles. The van der Waals surface area contributed by atoms with E-state index < -0.39 is 0 Å². The summed E-state index contributed by atoms with van der Waals surface area (Å²) in [5.41, 5.74) is 2.09. The second-order valence-corrected chi connectivity index (χ2v) is 7.48. The van der Waals surface area contributed by atoms with Crippen LogP contribution in [0.4, 0.5) is 0 Å². The Morgan fingerprint density at radius 2 is 1.93 bits per heavy atom. The molecule has 30 heavy (non-hydrogen) atoms. The smallest absolute Gasteiger partial charge is 0.254 e. The third kappa shape index (κ3) is 5.62. The van der Waals surface area contributed by atoms with E-state index in [-0.39, 0.29) is 30.2 Å². The lowest BCUT2D eigenvalue weighted by Gasteiger charge is -2.32. The number of hydrogen-bond donors (Lipinski definition) is 2. The Morgan fingerprint density at radius 3 is 2.63 bits per heavy atom. The molecule has 0 spiro atoms. The van der Waals surface area contributed by atoms with E-state index in [4.69, 9.17) is 0 Å². The first kappa shape index (κ1) is 21.4. The van der Waals surface area contributed by atoms with Crippen LogP contribution in [-0.4, -0.2) is 52.2 Å². The molecule has 0 radical (unpaired) electrons. The van der Waals surface area contributed by atoms with Crippen molar-refractivity contribution in [3.05, 3.63) is 59.2 Å². The average Bonchev–Trinajstić information content (AvgIpc) is 2.76. The van der Waals surface area contributed by atoms with Gasteiger partial charge in [0.2, 0.25) is 11.8 Å². The van der Waals surface area contributed by atoms with E-state index >= 15 is 0 Å². The minimum Gasteiger partial charge on any atom is -0.348 e. The Hall–Kier alpha value is -3.29. The van der Waals surface area contributed by atoms with Crippen LogP contribution < -0.4 is 10.6 Å². The number of rotatable bonds is 6. The largest absolute Gasteiger partial charge is 0.348 e. The fraction of sp³-hybridized carbons (Fsp3) is 0.409. The zero-order valence-electron chi connectivity index (χ0n) is 17.4. The Balaban J connectivity index is 1.62. The van der Waals surface area contributed by atoms with Crippen molar-refractivity contribution in [2.24, 2.45) is 0 Å². The van der Waals surface area contributed by atoms with Crippen LogP contribution in [0, 0.1) is 6.92 Å². The van der Waals surface area contributed by atoms with Crippen molar-refractivity contribution in [2.45, 2.75) is 39.2 Å². The van der Waals surface area contributed by atoms with Crippen molar-refractivity contribution in [3.63, 3.8) is 0 Å². The summed E-state index contributed by atoms with van der Waals surface area (Å²) in [7, 11) is 0. The van der Waals surface area contributed by atoms with E-state index in [9.17, 15) is 14.4 Å². The summed E-state index contributed by atoms with van der Waals surface area (Å²) in [6, 6.07) is 9.70. The van der Waals surface area contributed by atoms with Crippen LogP contribution in [0.15, 0.2) is 36.5 Å². The van der Waals surface area contributed by atoms with Crippen molar-refractivity contribution in [1.82, 2.24) is 25.5 Å². The zero-order valence-corrected chi connectivity index (χ0v) is 17.4. The van der Waals surface area contributed by atoms with E-state index in [1.807, 2.05) is 30.3 Å². The van der Waals surface area contributed by atoms with Gasteiger partial charge < -0.3 is 15.5 Å². The maximum absolute atomic E-state index is 12.5.